The first kappa shape index (κ1) is 36.4. The van der Waals surface area contributed by atoms with E-state index in [1.54, 1.807) is 0 Å². The van der Waals surface area contributed by atoms with Crippen LogP contribution in [0.5, 0.6) is 0 Å². The molecule has 0 unspecified atom stereocenters. The summed E-state index contributed by atoms with van der Waals surface area (Å²) in [5.74, 6) is 0.567. The highest BCUT2D eigenvalue weighted by atomic mass is 16.3. The molecule has 0 amide bonds. The van der Waals surface area contributed by atoms with Crippen molar-refractivity contribution >= 4 is 71.3 Å². The summed E-state index contributed by atoms with van der Waals surface area (Å²) in [7, 11) is 0. The molecule has 1 saturated carbocycles. The normalized spacial score (nSPS) is 13.4. The summed E-state index contributed by atoms with van der Waals surface area (Å²) in [4.78, 5) is 2.51. The van der Waals surface area contributed by atoms with Crippen molar-refractivity contribution in [3.05, 3.63) is 212 Å². The van der Waals surface area contributed by atoms with Gasteiger partial charge in [-0.1, -0.05) is 189 Å². The molecule has 2 nitrogen and oxygen atoms in total. The van der Waals surface area contributed by atoms with Gasteiger partial charge in [-0.05, 0) is 115 Å². The molecule has 0 N–H and O–H groups in total. The van der Waals surface area contributed by atoms with Crippen LogP contribution < -0.4 is 4.90 Å². The zero-order chi connectivity index (χ0) is 41.0. The number of benzene rings is 10. The van der Waals surface area contributed by atoms with Crippen LogP contribution in [0.2, 0.25) is 0 Å². The quantitative estimate of drug-likeness (QED) is 0.149. The van der Waals surface area contributed by atoms with Gasteiger partial charge in [-0.3, -0.25) is 0 Å². The van der Waals surface area contributed by atoms with Gasteiger partial charge in [0, 0.05) is 27.6 Å². The first-order valence-corrected chi connectivity index (χ1v) is 22.2. The minimum absolute atomic E-state index is 0.567. The maximum atomic E-state index is 6.48. The molecule has 0 aliphatic heterocycles. The Bertz CT molecular complexity index is 3470. The third-order valence-electron chi connectivity index (χ3n) is 13.5. The lowest BCUT2D eigenvalue weighted by Gasteiger charge is -2.31. The zero-order valence-corrected chi connectivity index (χ0v) is 34.6. The van der Waals surface area contributed by atoms with E-state index in [-0.39, 0.29) is 0 Å². The Hall–Kier alpha value is -7.42. The molecule has 1 aromatic heterocycles. The SMILES string of the molecule is c1cc(-c2cccc3c2ccc2ccccc23)cc(N(c2ccccc2-c2cccc3cccc(C4CCCCC4)c23)c2ccccc2-c2cccc3oc4ccccc4c23)c1. The van der Waals surface area contributed by atoms with E-state index in [1.165, 1.54) is 92.2 Å². The highest BCUT2D eigenvalue weighted by Gasteiger charge is 2.25. The lowest BCUT2D eigenvalue weighted by Crippen LogP contribution is -2.13. The Labute approximate surface area is 362 Å². The number of anilines is 3. The van der Waals surface area contributed by atoms with Crippen molar-refractivity contribution in [1.29, 1.82) is 0 Å². The van der Waals surface area contributed by atoms with Crippen LogP contribution in [0.4, 0.5) is 17.1 Å². The van der Waals surface area contributed by atoms with Gasteiger partial charge in [0.1, 0.15) is 11.2 Å². The van der Waals surface area contributed by atoms with Gasteiger partial charge in [0.15, 0.2) is 0 Å². The van der Waals surface area contributed by atoms with E-state index in [2.05, 4.69) is 211 Å². The van der Waals surface area contributed by atoms with Crippen molar-refractivity contribution < 1.29 is 4.42 Å². The van der Waals surface area contributed by atoms with E-state index < -0.39 is 0 Å². The Balaban J connectivity index is 1.12. The molecule has 0 bridgehead atoms. The predicted octanol–water partition coefficient (Wildman–Crippen LogP) is 17.6. The number of hydrogen-bond donors (Lipinski definition) is 0. The monoisotopic (exact) mass is 795 g/mol. The molecule has 1 aliphatic carbocycles. The Morgan fingerprint density at radius 3 is 1.77 bits per heavy atom. The minimum atomic E-state index is 0.567. The lowest BCUT2D eigenvalue weighted by molar-refractivity contribution is 0.445. The molecule has 62 heavy (non-hydrogen) atoms. The van der Waals surface area contributed by atoms with Crippen molar-refractivity contribution in [1.82, 2.24) is 0 Å². The van der Waals surface area contributed by atoms with Crippen LogP contribution in [0.3, 0.4) is 0 Å². The van der Waals surface area contributed by atoms with E-state index in [4.69, 9.17) is 4.42 Å². The third kappa shape index (κ3) is 6.09. The van der Waals surface area contributed by atoms with Crippen molar-refractivity contribution in [3.8, 4) is 33.4 Å². The zero-order valence-electron chi connectivity index (χ0n) is 34.6. The molecular weight excluding hydrogens is 751 g/mol. The fourth-order valence-electron chi connectivity index (χ4n) is 10.7. The van der Waals surface area contributed by atoms with Crippen LogP contribution in [0, 0.1) is 0 Å². The van der Waals surface area contributed by atoms with Gasteiger partial charge in [0.05, 0.1) is 11.4 Å². The van der Waals surface area contributed by atoms with Crippen molar-refractivity contribution in [2.45, 2.75) is 38.0 Å². The lowest BCUT2D eigenvalue weighted by atomic mass is 9.80. The maximum absolute atomic E-state index is 6.48. The average Bonchev–Trinajstić information content (AvgIpc) is 3.73. The summed E-state index contributed by atoms with van der Waals surface area (Å²) >= 11 is 0. The molecule has 11 aromatic rings. The van der Waals surface area contributed by atoms with Gasteiger partial charge in [-0.15, -0.1) is 0 Å². The van der Waals surface area contributed by atoms with E-state index in [0.717, 1.165) is 50.1 Å². The number of rotatable bonds is 7. The second kappa shape index (κ2) is 15.2. The van der Waals surface area contributed by atoms with Crippen LogP contribution in [-0.4, -0.2) is 0 Å². The molecular formula is C60H45NO. The van der Waals surface area contributed by atoms with E-state index >= 15 is 0 Å². The smallest absolute Gasteiger partial charge is 0.136 e. The standard InChI is InChI=1S/C60H45NO/c1-2-17-40(18-3-1)47-29-13-20-42-21-14-31-52(59(42)47)50-25-6-9-33-55(50)61(56-34-10-7-26-51(56)53-32-16-36-58-60(53)54-27-8-11-35-57(54)62-58)44-23-12-22-43(39-44)46-28-15-30-48-45-24-5-4-19-41(45)37-38-49(46)48/h4-16,19-40H,1-3,17-18H2. The van der Waals surface area contributed by atoms with Crippen LogP contribution >= 0.6 is 0 Å². The van der Waals surface area contributed by atoms with E-state index in [1.807, 2.05) is 0 Å². The Kier molecular flexibility index (Phi) is 8.96. The van der Waals surface area contributed by atoms with Gasteiger partial charge in [-0.25, -0.2) is 0 Å². The third-order valence-corrected chi connectivity index (χ3v) is 13.5. The number of para-hydroxylation sites is 3. The van der Waals surface area contributed by atoms with Gasteiger partial charge < -0.3 is 9.32 Å². The number of fused-ring (bicyclic) bond motifs is 7. The van der Waals surface area contributed by atoms with Crippen molar-refractivity contribution in [2.75, 3.05) is 4.90 Å². The second-order valence-electron chi connectivity index (χ2n) is 17.0. The van der Waals surface area contributed by atoms with Crippen LogP contribution in [0.25, 0.3) is 87.6 Å². The van der Waals surface area contributed by atoms with Crippen molar-refractivity contribution in [2.24, 2.45) is 0 Å². The van der Waals surface area contributed by atoms with Crippen LogP contribution in [0.1, 0.15) is 43.6 Å². The first-order chi connectivity index (χ1) is 30.8. The van der Waals surface area contributed by atoms with Crippen LogP contribution in [-0.2, 0) is 0 Å². The number of hydrogen-bond acceptors (Lipinski definition) is 2. The molecule has 296 valence electrons. The summed E-state index contributed by atoms with van der Waals surface area (Å²) in [5.41, 5.74) is 13.8. The van der Waals surface area contributed by atoms with Gasteiger partial charge in [0.25, 0.3) is 0 Å². The predicted molar refractivity (Wildman–Crippen MR) is 263 cm³/mol. The second-order valence-corrected chi connectivity index (χ2v) is 17.0. The van der Waals surface area contributed by atoms with E-state index in [0.29, 0.717) is 5.92 Å². The average molecular weight is 796 g/mol. The molecule has 1 heterocycles. The minimum Gasteiger partial charge on any atom is -0.456 e. The molecule has 0 atom stereocenters. The summed E-state index contributed by atoms with van der Waals surface area (Å²) < 4.78 is 6.48. The van der Waals surface area contributed by atoms with Gasteiger partial charge >= 0.3 is 0 Å². The van der Waals surface area contributed by atoms with Crippen LogP contribution in [0.15, 0.2) is 211 Å². The molecule has 0 saturated heterocycles. The molecule has 12 rings (SSSR count). The fourth-order valence-corrected chi connectivity index (χ4v) is 10.7. The van der Waals surface area contributed by atoms with Gasteiger partial charge in [-0.2, -0.15) is 0 Å². The highest BCUT2D eigenvalue weighted by molar-refractivity contribution is 6.15. The van der Waals surface area contributed by atoms with Gasteiger partial charge in [0.2, 0.25) is 0 Å². The fraction of sp³-hybridized carbons (Fsp3) is 0.100. The highest BCUT2D eigenvalue weighted by Crippen LogP contribution is 2.49. The summed E-state index contributed by atoms with van der Waals surface area (Å²) in [6.07, 6.45) is 6.43. The molecule has 1 fully saturated rings. The number of nitrogens with zero attached hydrogens (tertiary/aromatic N) is 1. The summed E-state index contributed by atoms with van der Waals surface area (Å²) in [5, 5.41) is 9.99. The molecule has 1 aliphatic rings. The Morgan fingerprint density at radius 1 is 0.371 bits per heavy atom. The first-order valence-electron chi connectivity index (χ1n) is 22.2. The summed E-state index contributed by atoms with van der Waals surface area (Å²) in [6, 6.07) is 75.9. The molecule has 0 radical (unpaired) electrons. The van der Waals surface area contributed by atoms with Crippen molar-refractivity contribution in [3.63, 3.8) is 0 Å². The maximum Gasteiger partial charge on any atom is 0.136 e. The topological polar surface area (TPSA) is 16.4 Å². The molecule has 10 aromatic carbocycles. The molecule has 0 spiro atoms. The number of furan rings is 1. The largest absolute Gasteiger partial charge is 0.456 e. The summed E-state index contributed by atoms with van der Waals surface area (Å²) in [6.45, 7) is 0. The Morgan fingerprint density at radius 2 is 0.952 bits per heavy atom. The van der Waals surface area contributed by atoms with E-state index in [9.17, 15) is 0 Å². The molecule has 2 heteroatoms.